The van der Waals surface area contributed by atoms with Crippen LogP contribution in [0.5, 0.6) is 0 Å². The normalized spacial score (nSPS) is 11.1. The molecule has 0 unspecified atom stereocenters. The molecule has 4 nitrogen and oxygen atoms in total. The van der Waals surface area contributed by atoms with Crippen LogP contribution in [0.15, 0.2) is 36.5 Å². The van der Waals surface area contributed by atoms with Crippen molar-refractivity contribution in [3.63, 3.8) is 0 Å². The summed E-state index contributed by atoms with van der Waals surface area (Å²) in [5, 5.41) is 0. The third kappa shape index (κ3) is 2.03. The van der Waals surface area contributed by atoms with Gasteiger partial charge in [-0.05, 0) is 36.8 Å². The molecule has 0 saturated carbocycles. The van der Waals surface area contributed by atoms with E-state index in [1.54, 1.807) is 16.8 Å². The third-order valence-corrected chi connectivity index (χ3v) is 3.17. The van der Waals surface area contributed by atoms with Crippen LogP contribution in [0.1, 0.15) is 11.3 Å². The first-order valence-electron chi connectivity index (χ1n) is 5.97. The average molecular weight is 256 g/mol. The summed E-state index contributed by atoms with van der Waals surface area (Å²) in [6, 6.07) is 8.32. The lowest BCUT2D eigenvalue weighted by molar-refractivity contribution is 0.628. The summed E-state index contributed by atoms with van der Waals surface area (Å²) in [5.41, 5.74) is 9.24. The quantitative estimate of drug-likeness (QED) is 0.766. The van der Waals surface area contributed by atoms with Gasteiger partial charge in [-0.15, -0.1) is 0 Å². The smallest absolute Gasteiger partial charge is 0.201 e. The predicted octanol–water partition coefficient (Wildman–Crippen LogP) is 2.51. The first kappa shape index (κ1) is 11.6. The van der Waals surface area contributed by atoms with Crippen LogP contribution in [0.4, 0.5) is 10.3 Å². The molecule has 3 aromatic rings. The Morgan fingerprint density at radius 2 is 2.16 bits per heavy atom. The molecule has 0 amide bonds. The fourth-order valence-electron chi connectivity index (χ4n) is 2.11. The summed E-state index contributed by atoms with van der Waals surface area (Å²) in [5.74, 6) is 0.0667. The van der Waals surface area contributed by atoms with E-state index in [-0.39, 0.29) is 5.82 Å². The largest absolute Gasteiger partial charge is 0.369 e. The fraction of sp³-hybridized carbons (Fsp3) is 0.143. The number of hydrogen-bond acceptors (Lipinski definition) is 3. The number of benzene rings is 1. The van der Waals surface area contributed by atoms with Gasteiger partial charge in [0.25, 0.3) is 0 Å². The van der Waals surface area contributed by atoms with Crippen molar-refractivity contribution in [2.45, 2.75) is 13.5 Å². The molecule has 5 heteroatoms. The Balaban J connectivity index is 2.12. The van der Waals surface area contributed by atoms with Crippen molar-refractivity contribution in [3.05, 3.63) is 53.6 Å². The standard InChI is InChI=1S/C14H13FN4/c1-9-3-2-6-17-12(9)8-19-13-7-10(15)4-5-11(13)18-14(19)16/h2-7H,8H2,1H3,(H2,16,18). The van der Waals surface area contributed by atoms with Gasteiger partial charge in [-0.3, -0.25) is 4.98 Å². The van der Waals surface area contributed by atoms with Crippen molar-refractivity contribution in [1.29, 1.82) is 0 Å². The summed E-state index contributed by atoms with van der Waals surface area (Å²) >= 11 is 0. The van der Waals surface area contributed by atoms with Crippen LogP contribution in [0, 0.1) is 12.7 Å². The molecule has 0 spiro atoms. The maximum Gasteiger partial charge on any atom is 0.201 e. The molecular formula is C14H13FN4. The highest BCUT2D eigenvalue weighted by Gasteiger charge is 2.10. The first-order valence-corrected chi connectivity index (χ1v) is 5.97. The van der Waals surface area contributed by atoms with Crippen molar-refractivity contribution in [2.24, 2.45) is 0 Å². The van der Waals surface area contributed by atoms with E-state index in [4.69, 9.17) is 5.73 Å². The maximum absolute atomic E-state index is 13.3. The van der Waals surface area contributed by atoms with E-state index in [1.165, 1.54) is 12.1 Å². The number of aryl methyl sites for hydroxylation is 1. The number of nitrogen functional groups attached to an aromatic ring is 1. The summed E-state index contributed by atoms with van der Waals surface area (Å²) in [4.78, 5) is 8.55. The molecule has 0 bridgehead atoms. The van der Waals surface area contributed by atoms with Gasteiger partial charge in [0.1, 0.15) is 5.82 Å². The van der Waals surface area contributed by atoms with E-state index >= 15 is 0 Å². The number of rotatable bonds is 2. The monoisotopic (exact) mass is 256 g/mol. The SMILES string of the molecule is Cc1cccnc1Cn1c(N)nc2ccc(F)cc21. The molecular weight excluding hydrogens is 243 g/mol. The Kier molecular flexibility index (Phi) is 2.67. The molecule has 96 valence electrons. The van der Waals surface area contributed by atoms with Crippen LogP contribution >= 0.6 is 0 Å². The topological polar surface area (TPSA) is 56.7 Å². The molecule has 2 aromatic heterocycles. The second-order valence-corrected chi connectivity index (χ2v) is 4.46. The van der Waals surface area contributed by atoms with Crippen molar-refractivity contribution in [1.82, 2.24) is 14.5 Å². The fourth-order valence-corrected chi connectivity index (χ4v) is 2.11. The van der Waals surface area contributed by atoms with Gasteiger partial charge in [0, 0.05) is 6.20 Å². The van der Waals surface area contributed by atoms with E-state index in [1.807, 2.05) is 19.1 Å². The van der Waals surface area contributed by atoms with E-state index in [0.29, 0.717) is 23.5 Å². The molecule has 0 atom stereocenters. The van der Waals surface area contributed by atoms with Crippen LogP contribution in [-0.2, 0) is 6.54 Å². The van der Waals surface area contributed by atoms with E-state index in [2.05, 4.69) is 9.97 Å². The minimum Gasteiger partial charge on any atom is -0.369 e. The molecule has 3 rings (SSSR count). The lowest BCUT2D eigenvalue weighted by Gasteiger charge is -2.08. The van der Waals surface area contributed by atoms with Crippen molar-refractivity contribution in [2.75, 3.05) is 5.73 Å². The lowest BCUT2D eigenvalue weighted by atomic mass is 10.2. The molecule has 0 radical (unpaired) electrons. The van der Waals surface area contributed by atoms with Gasteiger partial charge in [0.2, 0.25) is 5.95 Å². The van der Waals surface area contributed by atoms with Crippen LogP contribution < -0.4 is 5.73 Å². The number of anilines is 1. The molecule has 0 saturated heterocycles. The highest BCUT2D eigenvalue weighted by Crippen LogP contribution is 2.20. The number of nitrogens with zero attached hydrogens (tertiary/aromatic N) is 3. The van der Waals surface area contributed by atoms with Gasteiger partial charge in [0.15, 0.2) is 0 Å². The summed E-state index contributed by atoms with van der Waals surface area (Å²) in [6.07, 6.45) is 1.73. The van der Waals surface area contributed by atoms with E-state index in [9.17, 15) is 4.39 Å². The van der Waals surface area contributed by atoms with Crippen molar-refractivity contribution in [3.8, 4) is 0 Å². The highest BCUT2D eigenvalue weighted by molar-refractivity contribution is 5.78. The number of aromatic nitrogens is 3. The van der Waals surface area contributed by atoms with Gasteiger partial charge in [-0.2, -0.15) is 0 Å². The Bertz CT molecular complexity index is 748. The predicted molar refractivity (Wildman–Crippen MR) is 72.2 cm³/mol. The number of nitrogens with two attached hydrogens (primary N) is 1. The number of hydrogen-bond donors (Lipinski definition) is 1. The molecule has 1 aromatic carbocycles. The van der Waals surface area contributed by atoms with Crippen LogP contribution in [-0.4, -0.2) is 14.5 Å². The molecule has 0 fully saturated rings. The van der Waals surface area contributed by atoms with Crippen molar-refractivity contribution >= 4 is 17.0 Å². The second-order valence-electron chi connectivity index (χ2n) is 4.46. The summed E-state index contributed by atoms with van der Waals surface area (Å²) < 4.78 is 15.1. The zero-order valence-corrected chi connectivity index (χ0v) is 10.5. The minimum absolute atomic E-state index is 0.300. The summed E-state index contributed by atoms with van der Waals surface area (Å²) in [6.45, 7) is 2.47. The Hall–Kier alpha value is -2.43. The summed E-state index contributed by atoms with van der Waals surface area (Å²) in [7, 11) is 0. The van der Waals surface area contributed by atoms with Crippen LogP contribution in [0.2, 0.25) is 0 Å². The zero-order valence-electron chi connectivity index (χ0n) is 10.5. The minimum atomic E-state index is -0.300. The number of halogens is 1. The average Bonchev–Trinajstić information content (AvgIpc) is 2.69. The number of pyridine rings is 1. The maximum atomic E-state index is 13.3. The highest BCUT2D eigenvalue weighted by atomic mass is 19.1. The van der Waals surface area contributed by atoms with Crippen LogP contribution in [0.25, 0.3) is 11.0 Å². The number of fused-ring (bicyclic) bond motifs is 1. The van der Waals surface area contributed by atoms with Crippen LogP contribution in [0.3, 0.4) is 0 Å². The molecule has 0 aliphatic rings. The lowest BCUT2D eigenvalue weighted by Crippen LogP contribution is -2.07. The molecule has 0 aliphatic carbocycles. The number of imidazole rings is 1. The van der Waals surface area contributed by atoms with Gasteiger partial charge in [0.05, 0.1) is 23.3 Å². The zero-order chi connectivity index (χ0) is 13.4. The van der Waals surface area contributed by atoms with E-state index < -0.39 is 0 Å². The molecule has 19 heavy (non-hydrogen) atoms. The molecule has 0 aliphatic heterocycles. The first-order chi connectivity index (χ1) is 9.15. The second kappa shape index (κ2) is 4.35. The third-order valence-electron chi connectivity index (χ3n) is 3.17. The Morgan fingerprint density at radius 3 is 2.95 bits per heavy atom. The van der Waals surface area contributed by atoms with Gasteiger partial charge >= 0.3 is 0 Å². The van der Waals surface area contributed by atoms with E-state index in [0.717, 1.165) is 11.3 Å². The Labute approximate surface area is 109 Å². The Morgan fingerprint density at radius 1 is 1.32 bits per heavy atom. The van der Waals surface area contributed by atoms with Crippen molar-refractivity contribution < 1.29 is 4.39 Å². The van der Waals surface area contributed by atoms with Gasteiger partial charge < -0.3 is 10.3 Å². The molecule has 2 N–H and O–H groups in total. The van der Waals surface area contributed by atoms with Gasteiger partial charge in [-0.1, -0.05) is 6.07 Å². The van der Waals surface area contributed by atoms with Gasteiger partial charge in [-0.25, -0.2) is 9.37 Å². The molecule has 2 heterocycles.